The van der Waals surface area contributed by atoms with Crippen LogP contribution in [-0.4, -0.2) is 96.7 Å². The van der Waals surface area contributed by atoms with Gasteiger partial charge >= 0.3 is 39.5 Å². The minimum Gasteiger partial charge on any atom is -0.462 e. The first-order chi connectivity index (χ1) is 46.1. The summed E-state index contributed by atoms with van der Waals surface area (Å²) in [6, 6.07) is 0. The highest BCUT2D eigenvalue weighted by Gasteiger charge is 2.30. The number of hydrogen-bond donors (Lipinski definition) is 3. The van der Waals surface area contributed by atoms with E-state index in [1.807, 2.05) is 0 Å². The van der Waals surface area contributed by atoms with Crippen molar-refractivity contribution in [1.82, 2.24) is 0 Å². The van der Waals surface area contributed by atoms with Gasteiger partial charge in [0.05, 0.1) is 26.4 Å². The number of ether oxygens (including phenoxy) is 4. The van der Waals surface area contributed by atoms with Crippen LogP contribution in [0.1, 0.15) is 389 Å². The molecule has 96 heavy (non-hydrogen) atoms. The second kappa shape index (κ2) is 66.3. The fourth-order valence-electron chi connectivity index (χ4n) is 11.7. The molecule has 0 saturated heterocycles. The van der Waals surface area contributed by atoms with Gasteiger partial charge in [-0.2, -0.15) is 0 Å². The van der Waals surface area contributed by atoms with Crippen molar-refractivity contribution in [3.05, 3.63) is 0 Å². The van der Waals surface area contributed by atoms with Gasteiger partial charge in [0.1, 0.15) is 19.3 Å². The Balaban J connectivity index is 5.22. The van der Waals surface area contributed by atoms with E-state index >= 15 is 0 Å². The van der Waals surface area contributed by atoms with E-state index in [0.717, 1.165) is 114 Å². The lowest BCUT2D eigenvalue weighted by Gasteiger charge is -2.21. The van der Waals surface area contributed by atoms with E-state index in [0.29, 0.717) is 25.7 Å². The highest BCUT2D eigenvalue weighted by molar-refractivity contribution is 7.47. The van der Waals surface area contributed by atoms with Gasteiger partial charge in [0, 0.05) is 25.7 Å². The number of carbonyl (C=O) groups is 4. The third-order valence-electron chi connectivity index (χ3n) is 18.2. The molecule has 570 valence electrons. The fourth-order valence-corrected chi connectivity index (χ4v) is 13.3. The van der Waals surface area contributed by atoms with Crippen LogP contribution in [0.25, 0.3) is 0 Å². The molecular formula is C77H150O17P2. The summed E-state index contributed by atoms with van der Waals surface area (Å²) in [5.41, 5.74) is 0. The maximum Gasteiger partial charge on any atom is 0.472 e. The van der Waals surface area contributed by atoms with Crippen LogP contribution < -0.4 is 0 Å². The van der Waals surface area contributed by atoms with Crippen molar-refractivity contribution in [2.24, 2.45) is 23.7 Å². The highest BCUT2D eigenvalue weighted by atomic mass is 31.2. The molecule has 0 rings (SSSR count). The zero-order valence-electron chi connectivity index (χ0n) is 63.0. The third kappa shape index (κ3) is 69.2. The molecule has 0 bridgehead atoms. The van der Waals surface area contributed by atoms with Gasteiger partial charge in [0.2, 0.25) is 0 Å². The van der Waals surface area contributed by atoms with Crippen LogP contribution in [0, 0.1) is 23.7 Å². The van der Waals surface area contributed by atoms with Crippen molar-refractivity contribution in [3.63, 3.8) is 0 Å². The summed E-state index contributed by atoms with van der Waals surface area (Å²) in [4.78, 5) is 72.8. The molecule has 0 radical (unpaired) electrons. The molecule has 0 spiro atoms. The van der Waals surface area contributed by atoms with Gasteiger partial charge in [-0.15, -0.1) is 0 Å². The lowest BCUT2D eigenvalue weighted by Crippen LogP contribution is -2.30. The predicted octanol–water partition coefficient (Wildman–Crippen LogP) is 22.4. The second-order valence-electron chi connectivity index (χ2n) is 29.4. The Hall–Kier alpha value is -1.94. The summed E-state index contributed by atoms with van der Waals surface area (Å²) in [6.07, 6.45) is 51.5. The molecule has 4 unspecified atom stereocenters. The first-order valence-corrected chi connectivity index (χ1v) is 42.7. The van der Waals surface area contributed by atoms with Gasteiger partial charge in [-0.05, 0) is 49.4 Å². The predicted molar refractivity (Wildman–Crippen MR) is 391 cm³/mol. The van der Waals surface area contributed by atoms with E-state index in [1.165, 1.54) is 193 Å². The van der Waals surface area contributed by atoms with Crippen LogP contribution in [0.2, 0.25) is 0 Å². The Kier molecular flexibility index (Phi) is 65.0. The molecule has 0 aliphatic heterocycles. The average molecular weight is 1410 g/mol. The summed E-state index contributed by atoms with van der Waals surface area (Å²) < 4.78 is 68.5. The number of rotatable bonds is 74. The molecule has 0 aromatic rings. The van der Waals surface area contributed by atoms with Crippen molar-refractivity contribution >= 4 is 39.5 Å². The first-order valence-electron chi connectivity index (χ1n) is 39.7. The zero-order valence-corrected chi connectivity index (χ0v) is 64.8. The van der Waals surface area contributed by atoms with Gasteiger partial charge in [-0.25, -0.2) is 9.13 Å². The number of hydrogen-bond acceptors (Lipinski definition) is 15. The van der Waals surface area contributed by atoms with E-state index in [4.69, 9.17) is 37.0 Å². The molecule has 0 aromatic carbocycles. The Morgan fingerprint density at radius 2 is 0.500 bits per heavy atom. The van der Waals surface area contributed by atoms with Gasteiger partial charge in [0.15, 0.2) is 12.2 Å². The van der Waals surface area contributed by atoms with Gasteiger partial charge < -0.3 is 33.8 Å². The maximum absolute atomic E-state index is 13.1. The minimum absolute atomic E-state index is 0.102. The lowest BCUT2D eigenvalue weighted by molar-refractivity contribution is -0.161. The van der Waals surface area contributed by atoms with E-state index < -0.39 is 97.5 Å². The first kappa shape index (κ1) is 94.1. The molecule has 19 heteroatoms. The topological polar surface area (TPSA) is 237 Å². The number of phosphoric acid groups is 2. The Labute approximate surface area is 588 Å². The molecule has 0 aliphatic rings. The smallest absolute Gasteiger partial charge is 0.462 e. The van der Waals surface area contributed by atoms with Crippen molar-refractivity contribution < 1.29 is 80.2 Å². The summed E-state index contributed by atoms with van der Waals surface area (Å²) in [7, 11) is -9.91. The normalized spacial score (nSPS) is 14.4. The summed E-state index contributed by atoms with van der Waals surface area (Å²) in [5, 5.41) is 10.6. The van der Waals surface area contributed by atoms with Crippen molar-refractivity contribution in [2.45, 2.75) is 408 Å². The second-order valence-corrected chi connectivity index (χ2v) is 32.3. The zero-order chi connectivity index (χ0) is 71.0. The van der Waals surface area contributed by atoms with Crippen LogP contribution in [-0.2, 0) is 65.4 Å². The molecule has 0 saturated carbocycles. The number of aliphatic hydroxyl groups is 1. The minimum atomic E-state index is -4.96. The van der Waals surface area contributed by atoms with Crippen LogP contribution in [0.15, 0.2) is 0 Å². The third-order valence-corrected chi connectivity index (χ3v) is 20.1. The van der Waals surface area contributed by atoms with Crippen LogP contribution >= 0.6 is 15.6 Å². The number of aliphatic hydroxyl groups excluding tert-OH is 1. The van der Waals surface area contributed by atoms with E-state index in [-0.39, 0.29) is 25.7 Å². The fraction of sp³-hybridized carbons (Fsp3) is 0.948. The maximum atomic E-state index is 13.1. The number of phosphoric ester groups is 2. The molecule has 0 fully saturated rings. The monoisotopic (exact) mass is 1410 g/mol. The summed E-state index contributed by atoms with van der Waals surface area (Å²) in [5.74, 6) is 0.923. The lowest BCUT2D eigenvalue weighted by atomic mass is 10.00. The molecule has 17 nitrogen and oxygen atoms in total. The van der Waals surface area contributed by atoms with Crippen LogP contribution in [0.3, 0.4) is 0 Å². The highest BCUT2D eigenvalue weighted by Crippen LogP contribution is 2.45. The summed E-state index contributed by atoms with van der Waals surface area (Å²) in [6.45, 7) is 14.2. The van der Waals surface area contributed by atoms with Gasteiger partial charge in [-0.1, -0.05) is 338 Å². The standard InChI is InChI=1S/C77H150O17P2/c1-9-70(8)56-48-40-35-36-44-52-60-77(82)94-73(64-88-75(80)58-50-42-33-28-27-31-39-47-55-69(6)7)66-92-96(85,86)90-62-71(78)61-89-95(83,84)91-65-72(93-76(81)59-51-43-34-26-22-18-14-16-20-24-30-38-46-54-68(4)5)63-87-74(79)57-49-41-32-25-21-17-13-11-10-12-15-19-23-29-37-45-53-67(2)3/h67-73,78H,9-66H2,1-8H3,(H,83,84)(H,85,86)/t70?,71?,72-,73-/m1/s1. The van der Waals surface area contributed by atoms with Crippen molar-refractivity contribution in [3.8, 4) is 0 Å². The van der Waals surface area contributed by atoms with E-state index in [9.17, 15) is 43.2 Å². The number of esters is 4. The van der Waals surface area contributed by atoms with Crippen LogP contribution in [0.5, 0.6) is 0 Å². The van der Waals surface area contributed by atoms with Crippen LogP contribution in [0.4, 0.5) is 0 Å². The van der Waals surface area contributed by atoms with Gasteiger partial charge in [0.25, 0.3) is 0 Å². The molecular weight excluding hydrogens is 1260 g/mol. The quantitative estimate of drug-likeness (QED) is 0.0222. The Morgan fingerprint density at radius 1 is 0.292 bits per heavy atom. The number of carbonyl (C=O) groups excluding carboxylic acids is 4. The molecule has 6 atom stereocenters. The SMILES string of the molecule is CCC(C)CCCCCCCCC(=O)O[C@H](COC(=O)CCCCCCCCCCC(C)C)COP(=O)(O)OCC(O)COP(=O)(O)OC[C@@H](COC(=O)CCCCCCCCCCCCCCCCCCC(C)C)OC(=O)CCCCCCCCCCCCCCCC(C)C. The Bertz CT molecular complexity index is 1890. The number of unbranched alkanes of at least 4 members (excludes halogenated alkanes) is 39. The largest absolute Gasteiger partial charge is 0.472 e. The van der Waals surface area contributed by atoms with E-state index in [2.05, 4.69) is 55.4 Å². The molecule has 0 aliphatic carbocycles. The molecule has 0 aromatic heterocycles. The van der Waals surface area contributed by atoms with Crippen molar-refractivity contribution in [2.75, 3.05) is 39.6 Å². The molecule has 3 N–H and O–H groups in total. The summed E-state index contributed by atoms with van der Waals surface area (Å²) >= 11 is 0. The van der Waals surface area contributed by atoms with Gasteiger partial charge in [-0.3, -0.25) is 37.3 Å². The molecule has 0 amide bonds. The Morgan fingerprint density at radius 3 is 0.740 bits per heavy atom. The van der Waals surface area contributed by atoms with Crippen molar-refractivity contribution in [1.29, 1.82) is 0 Å². The average Bonchev–Trinajstić information content (AvgIpc) is 3.57. The van der Waals surface area contributed by atoms with E-state index in [1.54, 1.807) is 0 Å². The molecule has 0 heterocycles.